The number of benzene rings is 2. The summed E-state index contributed by atoms with van der Waals surface area (Å²) in [6.07, 6.45) is 0. The summed E-state index contributed by atoms with van der Waals surface area (Å²) in [6, 6.07) is 15.4. The monoisotopic (exact) mass is 285 g/mol. The average molecular weight is 285 g/mol. The summed E-state index contributed by atoms with van der Waals surface area (Å²) in [5, 5.41) is 3.71. The van der Waals surface area contributed by atoms with Crippen LogP contribution in [0.4, 0.5) is 5.69 Å². The van der Waals surface area contributed by atoms with Crippen molar-refractivity contribution in [2.24, 2.45) is 0 Å². The van der Waals surface area contributed by atoms with Crippen LogP contribution < -0.4 is 5.32 Å². The SMILES string of the molecule is O=C(Nc1ccccc1)C1=CS(=O)(=O)c2ccccc21. The second-order valence-electron chi connectivity index (χ2n) is 4.39. The van der Waals surface area contributed by atoms with Crippen molar-refractivity contribution < 1.29 is 13.2 Å². The molecule has 3 rings (SSSR count). The van der Waals surface area contributed by atoms with E-state index in [0.717, 1.165) is 5.41 Å². The van der Waals surface area contributed by atoms with E-state index < -0.39 is 15.7 Å². The molecule has 1 aliphatic heterocycles. The molecule has 0 spiro atoms. The van der Waals surface area contributed by atoms with E-state index in [1.807, 2.05) is 6.07 Å². The van der Waals surface area contributed by atoms with Gasteiger partial charge in [0.15, 0.2) is 0 Å². The van der Waals surface area contributed by atoms with Gasteiger partial charge in [0.2, 0.25) is 9.84 Å². The number of hydrogen-bond donors (Lipinski definition) is 1. The topological polar surface area (TPSA) is 63.2 Å². The van der Waals surface area contributed by atoms with Crippen molar-refractivity contribution in [3.8, 4) is 0 Å². The quantitative estimate of drug-likeness (QED) is 0.922. The molecule has 0 bridgehead atoms. The maximum absolute atomic E-state index is 12.2. The minimum atomic E-state index is -3.51. The van der Waals surface area contributed by atoms with Crippen molar-refractivity contribution in [3.05, 3.63) is 65.6 Å². The van der Waals surface area contributed by atoms with Crippen molar-refractivity contribution in [1.82, 2.24) is 0 Å². The highest BCUT2D eigenvalue weighted by Crippen LogP contribution is 2.33. The number of fused-ring (bicyclic) bond motifs is 1. The zero-order chi connectivity index (χ0) is 14.2. The molecule has 1 aliphatic rings. The molecule has 0 aromatic heterocycles. The highest BCUT2D eigenvalue weighted by Gasteiger charge is 2.30. The van der Waals surface area contributed by atoms with Crippen LogP contribution in [0.15, 0.2) is 64.9 Å². The van der Waals surface area contributed by atoms with Crippen molar-refractivity contribution >= 4 is 27.0 Å². The van der Waals surface area contributed by atoms with Crippen LogP contribution in [0.5, 0.6) is 0 Å². The maximum Gasteiger partial charge on any atom is 0.257 e. The number of hydrogen-bond acceptors (Lipinski definition) is 3. The van der Waals surface area contributed by atoms with E-state index in [1.54, 1.807) is 42.5 Å². The molecule has 5 heteroatoms. The summed E-state index contributed by atoms with van der Waals surface area (Å²) in [4.78, 5) is 12.4. The van der Waals surface area contributed by atoms with E-state index in [9.17, 15) is 13.2 Å². The summed E-state index contributed by atoms with van der Waals surface area (Å²) in [5.41, 5.74) is 1.24. The fraction of sp³-hybridized carbons (Fsp3) is 0. The third kappa shape index (κ3) is 2.12. The fourth-order valence-corrected chi connectivity index (χ4v) is 3.54. The van der Waals surface area contributed by atoms with Crippen LogP contribution in [0.3, 0.4) is 0 Å². The fourth-order valence-electron chi connectivity index (χ4n) is 2.12. The van der Waals surface area contributed by atoms with Gasteiger partial charge in [-0.2, -0.15) is 0 Å². The summed E-state index contributed by atoms with van der Waals surface area (Å²) in [5.74, 6) is -0.426. The zero-order valence-electron chi connectivity index (χ0n) is 10.4. The second-order valence-corrected chi connectivity index (χ2v) is 6.16. The lowest BCUT2D eigenvalue weighted by Crippen LogP contribution is -2.12. The smallest absolute Gasteiger partial charge is 0.257 e. The van der Waals surface area contributed by atoms with Crippen molar-refractivity contribution in [2.45, 2.75) is 4.90 Å². The largest absolute Gasteiger partial charge is 0.322 e. The molecule has 1 N–H and O–H groups in total. The van der Waals surface area contributed by atoms with Crippen LogP contribution in [0.1, 0.15) is 5.56 Å². The van der Waals surface area contributed by atoms with Crippen molar-refractivity contribution in [2.75, 3.05) is 5.32 Å². The second kappa shape index (κ2) is 4.61. The lowest BCUT2D eigenvalue weighted by molar-refractivity contribution is -0.111. The van der Waals surface area contributed by atoms with E-state index in [0.29, 0.717) is 11.3 Å². The minimum Gasteiger partial charge on any atom is -0.322 e. The highest BCUT2D eigenvalue weighted by molar-refractivity contribution is 7.95. The molecule has 2 aromatic rings. The number of carbonyl (C=O) groups excluding carboxylic acids is 1. The Hall–Kier alpha value is -2.40. The van der Waals surface area contributed by atoms with Crippen LogP contribution in [-0.2, 0) is 14.6 Å². The van der Waals surface area contributed by atoms with Crippen molar-refractivity contribution in [3.63, 3.8) is 0 Å². The third-order valence-corrected chi connectivity index (χ3v) is 4.55. The van der Waals surface area contributed by atoms with Crippen LogP contribution in [0.2, 0.25) is 0 Å². The van der Waals surface area contributed by atoms with Gasteiger partial charge in [0.1, 0.15) is 0 Å². The Balaban J connectivity index is 1.98. The van der Waals surface area contributed by atoms with E-state index in [4.69, 9.17) is 0 Å². The normalized spacial score (nSPS) is 15.3. The first-order valence-corrected chi connectivity index (χ1v) is 7.55. The van der Waals surface area contributed by atoms with E-state index >= 15 is 0 Å². The molecule has 0 aliphatic carbocycles. The molecule has 2 aromatic carbocycles. The first-order valence-electron chi connectivity index (χ1n) is 6.00. The lowest BCUT2D eigenvalue weighted by atomic mass is 10.1. The van der Waals surface area contributed by atoms with Gasteiger partial charge >= 0.3 is 0 Å². The molecular weight excluding hydrogens is 274 g/mol. The predicted octanol–water partition coefficient (Wildman–Crippen LogP) is 2.45. The standard InChI is InChI=1S/C15H11NO3S/c17-15(16-11-6-2-1-3-7-11)13-10-20(18,19)14-9-5-4-8-12(13)14/h1-10H,(H,16,17). The summed E-state index contributed by atoms with van der Waals surface area (Å²) in [7, 11) is -3.51. The molecule has 1 heterocycles. The molecule has 20 heavy (non-hydrogen) atoms. The first kappa shape index (κ1) is 12.6. The van der Waals surface area contributed by atoms with Gasteiger partial charge in [-0.1, -0.05) is 36.4 Å². The first-order chi connectivity index (χ1) is 9.58. The minimum absolute atomic E-state index is 0.171. The Morgan fingerprint density at radius 3 is 2.30 bits per heavy atom. The van der Waals surface area contributed by atoms with Gasteiger partial charge in [0.25, 0.3) is 5.91 Å². The molecule has 100 valence electrons. The summed E-state index contributed by atoms with van der Waals surface area (Å²) < 4.78 is 23.9. The number of nitrogens with one attached hydrogen (secondary N) is 1. The van der Waals surface area contributed by atoms with Gasteiger partial charge in [-0.3, -0.25) is 4.79 Å². The van der Waals surface area contributed by atoms with Crippen LogP contribution in [0, 0.1) is 0 Å². The predicted molar refractivity (Wildman–Crippen MR) is 76.7 cm³/mol. The zero-order valence-corrected chi connectivity index (χ0v) is 11.2. The van der Waals surface area contributed by atoms with Crippen molar-refractivity contribution in [1.29, 1.82) is 0 Å². The number of para-hydroxylation sites is 1. The molecule has 0 unspecified atom stereocenters. The Labute approximate surface area is 116 Å². The van der Waals surface area contributed by atoms with Crippen LogP contribution in [0.25, 0.3) is 5.57 Å². The molecule has 0 radical (unpaired) electrons. The average Bonchev–Trinajstić information content (AvgIpc) is 2.73. The Morgan fingerprint density at radius 1 is 0.900 bits per heavy atom. The van der Waals surface area contributed by atoms with Gasteiger partial charge < -0.3 is 5.32 Å². The molecule has 0 fully saturated rings. The van der Waals surface area contributed by atoms with Gasteiger partial charge in [-0.15, -0.1) is 0 Å². The number of carbonyl (C=O) groups is 1. The van der Waals surface area contributed by atoms with E-state index in [2.05, 4.69) is 5.32 Å². The van der Waals surface area contributed by atoms with E-state index in [1.165, 1.54) is 6.07 Å². The highest BCUT2D eigenvalue weighted by atomic mass is 32.2. The van der Waals surface area contributed by atoms with Crippen LogP contribution in [-0.4, -0.2) is 14.3 Å². The number of sulfone groups is 1. The number of anilines is 1. The third-order valence-electron chi connectivity index (χ3n) is 3.03. The Bertz CT molecular complexity index is 808. The lowest BCUT2D eigenvalue weighted by Gasteiger charge is -2.06. The van der Waals surface area contributed by atoms with Gasteiger partial charge in [-0.25, -0.2) is 8.42 Å². The van der Waals surface area contributed by atoms with Crippen LogP contribution >= 0.6 is 0 Å². The number of amides is 1. The van der Waals surface area contributed by atoms with Gasteiger partial charge in [-0.05, 0) is 18.2 Å². The van der Waals surface area contributed by atoms with Gasteiger partial charge in [0.05, 0.1) is 10.5 Å². The summed E-state index contributed by atoms with van der Waals surface area (Å²) in [6.45, 7) is 0. The molecule has 4 nitrogen and oxygen atoms in total. The van der Waals surface area contributed by atoms with Gasteiger partial charge in [0, 0.05) is 16.7 Å². The Kier molecular flexibility index (Phi) is 2.91. The van der Waals surface area contributed by atoms with E-state index in [-0.39, 0.29) is 10.5 Å². The molecule has 1 amide bonds. The number of rotatable bonds is 2. The maximum atomic E-state index is 12.2. The Morgan fingerprint density at radius 2 is 1.55 bits per heavy atom. The molecule has 0 atom stereocenters. The molecular formula is C15H11NO3S. The summed E-state index contributed by atoms with van der Waals surface area (Å²) >= 11 is 0. The molecule has 0 saturated carbocycles. The molecule has 0 saturated heterocycles.